The normalized spacial score (nSPS) is 18.2. The van der Waals surface area contributed by atoms with Crippen LogP contribution in [0.15, 0.2) is 63.5 Å². The number of nitrogens with one attached hydrogen (secondary N) is 1. The molecule has 10 heteroatoms. The fourth-order valence-electron chi connectivity index (χ4n) is 4.24. The fourth-order valence-corrected chi connectivity index (χ4v) is 5.68. The van der Waals surface area contributed by atoms with Crippen LogP contribution >= 0.6 is 34.5 Å². The SMILES string of the molecule is CC1=C(C(=O)OC(C)C)[C@@H](c2ccc(Cl)cc2)n2c(s/c(=C3\C(=O)Nc4ccc(Cl)cc43)c2=O)=N1. The number of carbonyl (C=O) groups excluding carboxylic acids is 2. The Kier molecular flexibility index (Phi) is 5.91. The molecule has 2 aliphatic heterocycles. The van der Waals surface area contributed by atoms with Gasteiger partial charge in [-0.15, -0.1) is 0 Å². The monoisotopic (exact) mass is 527 g/mol. The van der Waals surface area contributed by atoms with Crippen molar-refractivity contribution in [3.8, 4) is 0 Å². The zero-order valence-electron chi connectivity index (χ0n) is 18.9. The van der Waals surface area contributed by atoms with Gasteiger partial charge in [0.05, 0.1) is 29.0 Å². The highest BCUT2D eigenvalue weighted by Crippen LogP contribution is 2.34. The van der Waals surface area contributed by atoms with Gasteiger partial charge in [0.15, 0.2) is 4.80 Å². The molecular weight excluding hydrogens is 509 g/mol. The number of halogens is 2. The van der Waals surface area contributed by atoms with Crippen LogP contribution in [-0.2, 0) is 14.3 Å². The molecule has 0 saturated carbocycles. The number of nitrogens with zero attached hydrogens (tertiary/aromatic N) is 2. The van der Waals surface area contributed by atoms with Crippen molar-refractivity contribution in [1.82, 2.24) is 4.57 Å². The highest BCUT2D eigenvalue weighted by Gasteiger charge is 2.35. The molecule has 35 heavy (non-hydrogen) atoms. The van der Waals surface area contributed by atoms with Crippen LogP contribution in [0.4, 0.5) is 5.69 Å². The maximum atomic E-state index is 13.9. The van der Waals surface area contributed by atoms with E-state index >= 15 is 0 Å². The number of thiazole rings is 1. The first kappa shape index (κ1) is 23.5. The summed E-state index contributed by atoms with van der Waals surface area (Å²) in [6, 6.07) is 11.1. The zero-order chi connectivity index (χ0) is 25.0. The molecule has 0 bridgehead atoms. The number of fused-ring (bicyclic) bond motifs is 2. The van der Waals surface area contributed by atoms with Crippen LogP contribution in [0.2, 0.25) is 10.0 Å². The molecule has 5 rings (SSSR count). The first-order chi connectivity index (χ1) is 16.7. The van der Waals surface area contributed by atoms with Crippen LogP contribution in [0, 0.1) is 0 Å². The summed E-state index contributed by atoms with van der Waals surface area (Å²) < 4.78 is 7.15. The second-order valence-corrected chi connectivity index (χ2v) is 10.3. The molecule has 2 aromatic carbocycles. The van der Waals surface area contributed by atoms with Crippen molar-refractivity contribution >= 4 is 57.7 Å². The lowest BCUT2D eigenvalue weighted by atomic mass is 9.96. The van der Waals surface area contributed by atoms with Gasteiger partial charge >= 0.3 is 5.97 Å². The molecule has 0 aliphatic carbocycles. The predicted molar refractivity (Wildman–Crippen MR) is 135 cm³/mol. The first-order valence-electron chi connectivity index (χ1n) is 10.8. The van der Waals surface area contributed by atoms with Gasteiger partial charge in [0.2, 0.25) is 0 Å². The van der Waals surface area contributed by atoms with Crippen LogP contribution in [0.5, 0.6) is 0 Å². The van der Waals surface area contributed by atoms with E-state index in [0.29, 0.717) is 37.4 Å². The van der Waals surface area contributed by atoms with Crippen molar-refractivity contribution in [3.63, 3.8) is 0 Å². The third-order valence-corrected chi connectivity index (χ3v) is 7.24. The molecular formula is C25H19Cl2N3O4S. The number of esters is 1. The smallest absolute Gasteiger partial charge is 0.338 e. The minimum atomic E-state index is -0.799. The number of amides is 1. The van der Waals surface area contributed by atoms with Gasteiger partial charge in [0.1, 0.15) is 4.53 Å². The molecule has 0 radical (unpaired) electrons. The summed E-state index contributed by atoms with van der Waals surface area (Å²) in [6.45, 7) is 5.21. The van der Waals surface area contributed by atoms with Crippen molar-refractivity contribution < 1.29 is 14.3 Å². The van der Waals surface area contributed by atoms with E-state index in [0.717, 1.165) is 11.3 Å². The maximum absolute atomic E-state index is 13.9. The number of hydrogen-bond donors (Lipinski definition) is 1. The quantitative estimate of drug-likeness (QED) is 0.524. The van der Waals surface area contributed by atoms with Crippen LogP contribution in [0.3, 0.4) is 0 Å². The molecule has 1 N–H and O–H groups in total. The van der Waals surface area contributed by atoms with Crippen LogP contribution in [-0.4, -0.2) is 22.5 Å². The van der Waals surface area contributed by atoms with E-state index in [1.54, 1.807) is 63.2 Å². The Hall–Kier alpha value is -3.20. The van der Waals surface area contributed by atoms with E-state index in [1.807, 2.05) is 0 Å². The molecule has 0 spiro atoms. The molecule has 2 aliphatic rings. The summed E-state index contributed by atoms with van der Waals surface area (Å²) in [7, 11) is 0. The van der Waals surface area contributed by atoms with Crippen molar-refractivity contribution in [2.45, 2.75) is 32.9 Å². The number of hydrogen-bond acceptors (Lipinski definition) is 6. The van der Waals surface area contributed by atoms with Gasteiger partial charge in [0.25, 0.3) is 11.5 Å². The molecule has 7 nitrogen and oxygen atoms in total. The number of carbonyl (C=O) groups is 2. The lowest BCUT2D eigenvalue weighted by Crippen LogP contribution is -2.40. The van der Waals surface area contributed by atoms with Crippen molar-refractivity contribution in [1.29, 1.82) is 0 Å². The second-order valence-electron chi connectivity index (χ2n) is 8.43. The standard InChI is InChI=1S/C25H19Cl2N3O4S/c1-11(2)34-24(33)18-12(3)28-25-30(20(18)13-4-6-14(26)7-5-13)23(32)21(35-25)19-16-10-15(27)8-9-17(16)29-22(19)31/h4-11,20H,1-3H3,(H,29,31)/b21-19-/t20-/m1/s1. The number of allylic oxidation sites excluding steroid dienone is 1. The average molecular weight is 528 g/mol. The van der Waals surface area contributed by atoms with Gasteiger partial charge in [-0.05, 0) is 56.7 Å². The molecule has 3 heterocycles. The lowest BCUT2D eigenvalue weighted by molar-refractivity contribution is -0.143. The van der Waals surface area contributed by atoms with E-state index < -0.39 is 23.5 Å². The van der Waals surface area contributed by atoms with Gasteiger partial charge in [-0.1, -0.05) is 46.7 Å². The summed E-state index contributed by atoms with van der Waals surface area (Å²) >= 11 is 13.4. The highest BCUT2D eigenvalue weighted by molar-refractivity contribution is 7.07. The molecule has 0 unspecified atom stereocenters. The Morgan fingerprint density at radius 3 is 2.49 bits per heavy atom. The average Bonchev–Trinajstić information content (AvgIpc) is 3.27. The largest absolute Gasteiger partial charge is 0.459 e. The molecule has 1 amide bonds. The van der Waals surface area contributed by atoms with E-state index in [9.17, 15) is 14.4 Å². The number of ether oxygens (including phenoxy) is 1. The van der Waals surface area contributed by atoms with Gasteiger partial charge in [-0.25, -0.2) is 9.79 Å². The van der Waals surface area contributed by atoms with Gasteiger partial charge < -0.3 is 10.1 Å². The second kappa shape index (κ2) is 8.78. The van der Waals surface area contributed by atoms with E-state index in [1.165, 1.54) is 4.57 Å². The number of rotatable bonds is 3. The van der Waals surface area contributed by atoms with Crippen molar-refractivity contribution in [3.05, 3.63) is 94.6 Å². The van der Waals surface area contributed by atoms with Crippen molar-refractivity contribution in [2.75, 3.05) is 5.32 Å². The Balaban J connectivity index is 1.81. The molecule has 0 saturated heterocycles. The van der Waals surface area contributed by atoms with E-state index in [4.69, 9.17) is 27.9 Å². The van der Waals surface area contributed by atoms with Crippen LogP contribution in [0.25, 0.3) is 5.57 Å². The van der Waals surface area contributed by atoms with E-state index in [2.05, 4.69) is 10.3 Å². The van der Waals surface area contributed by atoms with Gasteiger partial charge in [-0.3, -0.25) is 14.2 Å². The van der Waals surface area contributed by atoms with Gasteiger partial charge in [0, 0.05) is 21.3 Å². The third-order valence-electron chi connectivity index (χ3n) is 5.70. The Labute approximate surface area is 214 Å². The number of aromatic nitrogens is 1. The summed E-state index contributed by atoms with van der Waals surface area (Å²) in [6.07, 6.45) is -0.358. The zero-order valence-corrected chi connectivity index (χ0v) is 21.2. The third kappa shape index (κ3) is 4.01. The Morgan fingerprint density at radius 2 is 1.80 bits per heavy atom. The van der Waals surface area contributed by atoms with E-state index in [-0.39, 0.29) is 21.8 Å². The van der Waals surface area contributed by atoms with Crippen LogP contribution < -0.4 is 20.2 Å². The predicted octanol–water partition coefficient (Wildman–Crippen LogP) is 3.82. The summed E-state index contributed by atoms with van der Waals surface area (Å²) in [5.41, 5.74) is 2.27. The topological polar surface area (TPSA) is 89.8 Å². The molecule has 1 atom stereocenters. The number of anilines is 1. The minimum absolute atomic E-state index is 0.215. The minimum Gasteiger partial charge on any atom is -0.459 e. The number of benzene rings is 2. The Bertz CT molecular complexity index is 1620. The first-order valence-corrected chi connectivity index (χ1v) is 12.4. The van der Waals surface area contributed by atoms with Gasteiger partial charge in [-0.2, -0.15) is 0 Å². The molecule has 1 aromatic heterocycles. The maximum Gasteiger partial charge on any atom is 0.338 e. The van der Waals surface area contributed by atoms with Crippen LogP contribution in [0.1, 0.15) is 37.9 Å². The molecule has 3 aromatic rings. The molecule has 178 valence electrons. The Morgan fingerprint density at radius 1 is 1.11 bits per heavy atom. The summed E-state index contributed by atoms with van der Waals surface area (Å²) in [4.78, 5) is 44.8. The molecule has 0 fully saturated rings. The highest BCUT2D eigenvalue weighted by atomic mass is 35.5. The fraction of sp³-hybridized carbons (Fsp3) is 0.200. The lowest BCUT2D eigenvalue weighted by Gasteiger charge is -2.25. The van der Waals surface area contributed by atoms with Crippen molar-refractivity contribution in [2.24, 2.45) is 4.99 Å². The summed E-state index contributed by atoms with van der Waals surface area (Å²) in [5.74, 6) is -0.958. The summed E-state index contributed by atoms with van der Waals surface area (Å²) in [5, 5.41) is 3.74.